The van der Waals surface area contributed by atoms with Crippen LogP contribution in [0.5, 0.6) is 0 Å². The third-order valence-corrected chi connectivity index (χ3v) is 6.82. The summed E-state index contributed by atoms with van der Waals surface area (Å²) < 4.78 is 13.4. The van der Waals surface area contributed by atoms with Crippen molar-refractivity contribution in [2.45, 2.75) is 4.90 Å². The minimum Gasteiger partial charge on any atom is -0.338 e. The molecule has 0 saturated carbocycles. The van der Waals surface area contributed by atoms with E-state index in [1.54, 1.807) is 12.1 Å². The smallest absolute Gasteiger partial charge is 0.189 e. The molecule has 5 heteroatoms. The number of ketones is 1. The topological polar surface area (TPSA) is 33.2 Å². The number of rotatable bonds is 2. The Balaban J connectivity index is 0.000000200. The maximum Gasteiger partial charge on any atom is 0.189 e. The lowest BCUT2D eigenvalue weighted by Crippen LogP contribution is -2.11. The zero-order valence-electron chi connectivity index (χ0n) is 18.5. The van der Waals surface area contributed by atoms with Gasteiger partial charge in [-0.25, -0.2) is 4.39 Å². The maximum absolute atomic E-state index is 13.4. The molecule has 0 radical (unpaired) electrons. The van der Waals surface area contributed by atoms with E-state index in [4.69, 9.17) is 0 Å². The molecule has 0 aliphatic carbocycles. The first-order chi connectivity index (χ1) is 16.6. The van der Waals surface area contributed by atoms with Gasteiger partial charge in [0.2, 0.25) is 0 Å². The fourth-order valence-corrected chi connectivity index (χ4v) is 4.97. The molecule has 5 aromatic rings. The van der Waals surface area contributed by atoms with E-state index >= 15 is 0 Å². The molecule has 0 amide bonds. The number of aromatic nitrogens is 1. The molecule has 34 heavy (non-hydrogen) atoms. The van der Waals surface area contributed by atoms with Crippen molar-refractivity contribution in [1.29, 1.82) is 0 Å². The molecule has 3 nitrogen and oxygen atoms in total. The number of nitrogens with zero attached hydrogens (tertiary/aromatic N) is 2. The Kier molecular flexibility index (Phi) is 6.11. The van der Waals surface area contributed by atoms with Crippen LogP contribution >= 0.6 is 11.8 Å². The first kappa shape index (κ1) is 21.9. The van der Waals surface area contributed by atoms with Crippen molar-refractivity contribution in [1.82, 2.24) is 4.98 Å². The summed E-state index contributed by atoms with van der Waals surface area (Å²) in [5.41, 5.74) is 2.53. The van der Waals surface area contributed by atoms with E-state index in [1.165, 1.54) is 29.3 Å². The van der Waals surface area contributed by atoms with Crippen LogP contribution in [0.15, 0.2) is 119 Å². The number of fused-ring (bicyclic) bond motifs is 3. The summed E-state index contributed by atoms with van der Waals surface area (Å²) in [6.07, 6.45) is 3.44. The lowest BCUT2D eigenvalue weighted by Gasteiger charge is -2.13. The Morgan fingerprint density at radius 3 is 2.47 bits per heavy atom. The molecule has 1 aliphatic rings. The Morgan fingerprint density at radius 2 is 1.62 bits per heavy atom. The average Bonchev–Trinajstić information content (AvgIpc) is 3.18. The van der Waals surface area contributed by atoms with Crippen molar-refractivity contribution in [2.24, 2.45) is 0 Å². The number of anilines is 1. The number of para-hydroxylation sites is 1. The molecule has 0 unspecified atom stereocenters. The Hall–Kier alpha value is -3.96. The fraction of sp³-hybridized carbons (Fsp3) is 0.0345. The standard InChI is InChI=1S/C20H14FNOS.C9H7N/c1-22-17-11-14(21)9-10-19(17)24-20(22)12-18(23)16-8-4-6-13-5-2-3-7-15(13)16;1-2-6-9-8(4-1)5-3-7-10-9/h2-12H,1H3;1-7H. The quantitative estimate of drug-likeness (QED) is 0.200. The van der Waals surface area contributed by atoms with Crippen LogP contribution < -0.4 is 4.90 Å². The van der Waals surface area contributed by atoms with Gasteiger partial charge in [0.25, 0.3) is 0 Å². The Labute approximate surface area is 201 Å². The third kappa shape index (κ3) is 4.43. The van der Waals surface area contributed by atoms with Gasteiger partial charge in [-0.3, -0.25) is 9.78 Å². The van der Waals surface area contributed by atoms with Crippen molar-refractivity contribution in [2.75, 3.05) is 11.9 Å². The molecule has 1 aliphatic heterocycles. The molecule has 2 heterocycles. The molecule has 1 aromatic heterocycles. The first-order valence-corrected chi connectivity index (χ1v) is 11.7. The maximum atomic E-state index is 13.4. The highest BCUT2D eigenvalue weighted by atomic mass is 32.2. The molecule has 0 fully saturated rings. The fourth-order valence-electron chi connectivity index (χ4n) is 3.91. The molecule has 0 bridgehead atoms. The van der Waals surface area contributed by atoms with Gasteiger partial charge in [0.05, 0.1) is 16.2 Å². The van der Waals surface area contributed by atoms with Crippen LogP contribution in [-0.2, 0) is 0 Å². The summed E-state index contributed by atoms with van der Waals surface area (Å²) >= 11 is 1.48. The number of carbonyl (C=O) groups excluding carboxylic acids is 1. The van der Waals surface area contributed by atoms with Crippen LogP contribution in [0.4, 0.5) is 10.1 Å². The van der Waals surface area contributed by atoms with Gasteiger partial charge in [0, 0.05) is 35.2 Å². The van der Waals surface area contributed by atoms with Gasteiger partial charge in [-0.2, -0.15) is 0 Å². The SMILES string of the molecule is CN1C(=CC(=O)c2cccc3ccccc23)Sc2ccc(F)cc21.c1ccc2ncccc2c1. The van der Waals surface area contributed by atoms with Gasteiger partial charge < -0.3 is 4.90 Å². The number of pyridine rings is 1. The summed E-state index contributed by atoms with van der Waals surface area (Å²) in [5, 5.41) is 3.98. The van der Waals surface area contributed by atoms with Gasteiger partial charge in [-0.15, -0.1) is 0 Å². The van der Waals surface area contributed by atoms with Crippen LogP contribution in [0.3, 0.4) is 0 Å². The van der Waals surface area contributed by atoms with E-state index in [0.29, 0.717) is 5.56 Å². The Morgan fingerprint density at radius 1 is 0.882 bits per heavy atom. The second-order valence-electron chi connectivity index (χ2n) is 7.84. The molecule has 166 valence electrons. The highest BCUT2D eigenvalue weighted by molar-refractivity contribution is 8.03. The van der Waals surface area contributed by atoms with Crippen LogP contribution in [-0.4, -0.2) is 17.8 Å². The van der Waals surface area contributed by atoms with Crippen LogP contribution in [0.1, 0.15) is 10.4 Å². The van der Waals surface area contributed by atoms with Gasteiger partial charge in [-0.05, 0) is 41.1 Å². The summed E-state index contributed by atoms with van der Waals surface area (Å²) in [5.74, 6) is -0.322. The van der Waals surface area contributed by atoms with Crippen molar-refractivity contribution in [3.8, 4) is 0 Å². The van der Waals surface area contributed by atoms with Crippen molar-refractivity contribution >= 4 is 44.9 Å². The van der Waals surface area contributed by atoms with E-state index in [1.807, 2.05) is 84.9 Å². The van der Waals surface area contributed by atoms with E-state index < -0.39 is 0 Å². The van der Waals surface area contributed by atoms with Gasteiger partial charge in [0.1, 0.15) is 5.82 Å². The largest absolute Gasteiger partial charge is 0.338 e. The monoisotopic (exact) mass is 464 g/mol. The van der Waals surface area contributed by atoms with Crippen molar-refractivity contribution in [3.05, 3.63) is 126 Å². The average molecular weight is 465 g/mol. The number of hydrogen-bond acceptors (Lipinski definition) is 4. The summed E-state index contributed by atoms with van der Waals surface area (Å²) in [7, 11) is 1.85. The van der Waals surface area contributed by atoms with Crippen molar-refractivity contribution in [3.63, 3.8) is 0 Å². The highest BCUT2D eigenvalue weighted by Crippen LogP contribution is 2.45. The van der Waals surface area contributed by atoms with E-state index in [0.717, 1.165) is 31.9 Å². The minimum absolute atomic E-state index is 0.0468. The minimum atomic E-state index is -0.275. The zero-order valence-corrected chi connectivity index (χ0v) is 19.3. The van der Waals surface area contributed by atoms with Gasteiger partial charge in [-0.1, -0.05) is 78.5 Å². The predicted octanol–water partition coefficient (Wildman–Crippen LogP) is 7.48. The first-order valence-electron chi connectivity index (χ1n) is 10.8. The Bertz CT molecular complexity index is 1480. The molecule has 6 rings (SSSR count). The summed E-state index contributed by atoms with van der Waals surface area (Å²) in [4.78, 5) is 19.8. The second kappa shape index (κ2) is 9.49. The summed E-state index contributed by atoms with van der Waals surface area (Å²) in [6.45, 7) is 0. The van der Waals surface area contributed by atoms with Crippen molar-refractivity contribution < 1.29 is 9.18 Å². The van der Waals surface area contributed by atoms with E-state index in [-0.39, 0.29) is 11.6 Å². The zero-order chi connectivity index (χ0) is 23.5. The highest BCUT2D eigenvalue weighted by Gasteiger charge is 2.23. The number of halogens is 1. The van der Waals surface area contributed by atoms with Crippen LogP contribution in [0.2, 0.25) is 0 Å². The van der Waals surface area contributed by atoms with Crippen LogP contribution in [0.25, 0.3) is 21.7 Å². The lowest BCUT2D eigenvalue weighted by molar-refractivity contribution is 0.104. The van der Waals surface area contributed by atoms with Gasteiger partial charge >= 0.3 is 0 Å². The second-order valence-corrected chi connectivity index (χ2v) is 8.90. The van der Waals surface area contributed by atoms with E-state index in [2.05, 4.69) is 17.1 Å². The molecule has 0 atom stereocenters. The predicted molar refractivity (Wildman–Crippen MR) is 139 cm³/mol. The van der Waals surface area contributed by atoms with Crippen LogP contribution in [0, 0.1) is 5.82 Å². The number of hydrogen-bond donors (Lipinski definition) is 0. The number of carbonyl (C=O) groups is 1. The lowest BCUT2D eigenvalue weighted by atomic mass is 10.0. The van der Waals surface area contributed by atoms with Gasteiger partial charge in [0.15, 0.2) is 5.78 Å². The normalized spacial score (nSPS) is 13.6. The molecule has 0 saturated heterocycles. The molecule has 4 aromatic carbocycles. The molecular weight excluding hydrogens is 443 g/mol. The number of thioether (sulfide) groups is 1. The summed E-state index contributed by atoms with van der Waals surface area (Å²) in [6, 6.07) is 30.3. The molecular formula is C29H21FN2OS. The number of benzene rings is 4. The third-order valence-electron chi connectivity index (χ3n) is 5.65. The van der Waals surface area contributed by atoms with E-state index in [9.17, 15) is 9.18 Å². The molecule has 0 N–H and O–H groups in total. The number of allylic oxidation sites excluding steroid dienone is 1. The molecule has 0 spiro atoms.